The highest BCUT2D eigenvalue weighted by Gasteiger charge is 2.31. The minimum atomic E-state index is -0.515. The largest absolute Gasteiger partial charge is 0.481 e. The molecule has 1 atom stereocenters. The number of nitrogens with zero attached hydrogens (tertiary/aromatic N) is 8. The van der Waals surface area contributed by atoms with Crippen LogP contribution < -0.4 is 30.0 Å². The van der Waals surface area contributed by atoms with Crippen molar-refractivity contribution in [2.45, 2.75) is 93.3 Å². The number of para-hydroxylation sites is 1. The Morgan fingerprint density at radius 3 is 2.57 bits per heavy atom. The van der Waals surface area contributed by atoms with E-state index in [1.807, 2.05) is 58.2 Å². The second-order valence-corrected chi connectivity index (χ2v) is 17.3. The zero-order valence-corrected chi connectivity index (χ0v) is 38.3. The molecule has 0 spiro atoms. The van der Waals surface area contributed by atoms with Gasteiger partial charge in [-0.25, -0.2) is 9.38 Å². The molecular weight excluding hydrogens is 830 g/mol. The van der Waals surface area contributed by atoms with E-state index in [0.717, 1.165) is 48.6 Å². The minimum absolute atomic E-state index is 0.0223. The molecule has 14 nitrogen and oxygen atoms in total. The van der Waals surface area contributed by atoms with E-state index < -0.39 is 5.82 Å². The maximum Gasteiger partial charge on any atom is 0.265 e. The highest BCUT2D eigenvalue weighted by atomic mass is 35.5. The van der Waals surface area contributed by atoms with E-state index in [9.17, 15) is 14.0 Å². The normalized spacial score (nSPS) is 14.6. The Kier molecular flexibility index (Phi) is 16.8. The van der Waals surface area contributed by atoms with Gasteiger partial charge in [-0.1, -0.05) is 44.9 Å². The average molecular weight is 886 g/mol. The lowest BCUT2D eigenvalue weighted by molar-refractivity contribution is -0.121. The number of nitrogens with one attached hydrogen (secondary N) is 2. The number of terminal acetylenes is 1. The number of carbonyl (C=O) groups excluding carboxylic acids is 2. The third-order valence-electron chi connectivity index (χ3n) is 9.04. The monoisotopic (exact) mass is 884 g/mol. The molecular formula is C42H55Cl2FN10O4S. The summed E-state index contributed by atoms with van der Waals surface area (Å²) in [7, 11) is 1.64. The first kappa shape index (κ1) is 47.9. The van der Waals surface area contributed by atoms with Gasteiger partial charge in [0.1, 0.15) is 23.1 Å². The molecule has 0 saturated carbocycles. The number of hydrogen-bond donors (Lipinski definition) is 2. The fraction of sp³-hybridized carbons (Fsp3) is 0.500. The molecule has 324 valence electrons. The highest BCUT2D eigenvalue weighted by Crippen LogP contribution is 2.38. The zero-order valence-electron chi connectivity index (χ0n) is 36.0. The number of carbonyl (C=O) groups is 2. The van der Waals surface area contributed by atoms with E-state index in [-0.39, 0.29) is 58.8 Å². The number of fused-ring (bicyclic) bond motifs is 2. The number of rotatable bonds is 11. The molecule has 2 N–H and O–H groups in total. The molecule has 2 aliphatic heterocycles. The molecule has 0 bridgehead atoms. The van der Waals surface area contributed by atoms with Crippen molar-refractivity contribution in [2.24, 2.45) is 10.4 Å². The van der Waals surface area contributed by atoms with Crippen molar-refractivity contribution in [3.63, 3.8) is 0 Å². The lowest BCUT2D eigenvalue weighted by Crippen LogP contribution is -2.43. The summed E-state index contributed by atoms with van der Waals surface area (Å²) in [4.78, 5) is 44.6. The van der Waals surface area contributed by atoms with Gasteiger partial charge in [0.25, 0.3) is 5.91 Å². The molecule has 6 rings (SSSR count). The van der Waals surface area contributed by atoms with Crippen molar-refractivity contribution in [2.75, 3.05) is 59.7 Å². The Morgan fingerprint density at radius 1 is 1.22 bits per heavy atom. The Morgan fingerprint density at radius 2 is 1.93 bits per heavy atom. The van der Waals surface area contributed by atoms with Crippen LogP contribution in [-0.4, -0.2) is 86.6 Å². The van der Waals surface area contributed by atoms with Crippen LogP contribution in [0.2, 0.25) is 5.28 Å². The summed E-state index contributed by atoms with van der Waals surface area (Å²) in [6.07, 6.45) is 7.09. The van der Waals surface area contributed by atoms with Crippen molar-refractivity contribution in [3.05, 3.63) is 63.2 Å². The first-order chi connectivity index (χ1) is 28.3. The first-order valence-corrected chi connectivity index (χ1v) is 21.2. The van der Waals surface area contributed by atoms with Crippen LogP contribution in [-0.2, 0) is 33.7 Å². The first-order valence-electron chi connectivity index (χ1n) is 19.5. The van der Waals surface area contributed by atoms with Crippen molar-refractivity contribution in [1.29, 1.82) is 0 Å². The molecule has 4 aromatic rings. The van der Waals surface area contributed by atoms with Crippen LogP contribution >= 0.6 is 34.7 Å². The van der Waals surface area contributed by atoms with Crippen LogP contribution in [0.15, 0.2) is 35.3 Å². The van der Waals surface area contributed by atoms with E-state index in [1.54, 1.807) is 12.0 Å². The van der Waals surface area contributed by atoms with E-state index >= 15 is 0 Å². The molecule has 60 heavy (non-hydrogen) atoms. The molecule has 1 unspecified atom stereocenters. The van der Waals surface area contributed by atoms with Crippen molar-refractivity contribution >= 4 is 75.5 Å². The van der Waals surface area contributed by atoms with Crippen molar-refractivity contribution in [3.8, 4) is 18.1 Å². The van der Waals surface area contributed by atoms with E-state index in [1.165, 1.54) is 28.6 Å². The highest BCUT2D eigenvalue weighted by molar-refractivity contribution is 7.02. The van der Waals surface area contributed by atoms with Crippen LogP contribution in [0.4, 0.5) is 33.3 Å². The number of anilines is 4. The van der Waals surface area contributed by atoms with Crippen LogP contribution in [0.25, 0.3) is 0 Å². The summed E-state index contributed by atoms with van der Waals surface area (Å²) in [5.74, 6) is 3.79. The lowest BCUT2D eigenvalue weighted by Gasteiger charge is -2.31. The van der Waals surface area contributed by atoms with E-state index in [2.05, 4.69) is 67.7 Å². The molecule has 0 saturated heterocycles. The zero-order chi connectivity index (χ0) is 44.4. The number of halogens is 3. The molecule has 0 aliphatic carbocycles. The van der Waals surface area contributed by atoms with Gasteiger partial charge in [0.2, 0.25) is 27.9 Å². The number of hydrogen-bond acceptors (Lipinski definition) is 12. The van der Waals surface area contributed by atoms with E-state index in [0.29, 0.717) is 34.7 Å². The van der Waals surface area contributed by atoms with Crippen molar-refractivity contribution < 1.29 is 23.5 Å². The standard InChI is InChI=1S/C18H17FN4O2S.C15H22ClNO2.C9H16ClN5/c1-4-5-22-13-7-12(11(19)6-14(13)25-9-16(22)24)20-17-23-10-18(2,3)8-15(23)21-26-17;1-5-13-8-6-7-11(2)15(13)17(14(18)9-16)12(3)10-19-4;1-5-11-7-12-6(10)13-8(14-7)15-9(2,3)4/h1,6-7H,5,8-10H2,2-3H3;6-8,12H,5,9-10H2,1-4H3;5H2,1-4H3,(H2,11,12,13,14,15). The van der Waals surface area contributed by atoms with Gasteiger partial charge in [0.15, 0.2) is 12.4 Å². The average Bonchev–Trinajstić information content (AvgIpc) is 3.68. The summed E-state index contributed by atoms with van der Waals surface area (Å²) in [5, 5.41) is 6.31. The van der Waals surface area contributed by atoms with Gasteiger partial charge in [-0.3, -0.25) is 14.5 Å². The quantitative estimate of drug-likeness (QED) is 0.114. The van der Waals surface area contributed by atoms with Crippen LogP contribution in [0, 0.1) is 30.5 Å². The van der Waals surface area contributed by atoms with Gasteiger partial charge in [-0.15, -0.1) is 18.0 Å². The van der Waals surface area contributed by atoms with Gasteiger partial charge < -0.3 is 29.6 Å². The maximum atomic E-state index is 14.5. The SMILES string of the molecule is C#CCN1C(=O)COc2cc(F)c(N=c3snc4n3CC(C)(C)C4)cc21.CCNc1nc(Cl)nc(NC(C)(C)C)n1.CCc1cccc(C)c1N(C(=O)CCl)C(C)COC. The Hall–Kier alpha value is -4.82. The predicted octanol–water partition coefficient (Wildman–Crippen LogP) is 7.59. The van der Waals surface area contributed by atoms with Gasteiger partial charge in [-0.05, 0) is 82.2 Å². The second-order valence-electron chi connectivity index (χ2n) is 16.0. The molecule has 4 heterocycles. The maximum absolute atomic E-state index is 14.5. The number of aryl methyl sites for hydroxylation is 2. The third kappa shape index (κ3) is 12.6. The van der Waals surface area contributed by atoms with Gasteiger partial charge >= 0.3 is 0 Å². The number of amides is 2. The summed E-state index contributed by atoms with van der Waals surface area (Å²) < 4.78 is 31.5. The predicted molar refractivity (Wildman–Crippen MR) is 238 cm³/mol. The van der Waals surface area contributed by atoms with Crippen LogP contribution in [0.3, 0.4) is 0 Å². The summed E-state index contributed by atoms with van der Waals surface area (Å²) in [6.45, 7) is 20.4. The molecule has 2 aromatic carbocycles. The molecule has 18 heteroatoms. The van der Waals surface area contributed by atoms with Crippen LogP contribution in [0.5, 0.6) is 5.75 Å². The molecule has 2 amide bonds. The summed E-state index contributed by atoms with van der Waals surface area (Å²) >= 11 is 12.8. The Bertz CT molecular complexity index is 2250. The second kappa shape index (κ2) is 21.1. The fourth-order valence-electron chi connectivity index (χ4n) is 6.55. The lowest BCUT2D eigenvalue weighted by atomic mass is 9.92. The van der Waals surface area contributed by atoms with Gasteiger partial charge in [0.05, 0.1) is 30.6 Å². The molecule has 0 radical (unpaired) electrons. The van der Waals surface area contributed by atoms with Gasteiger partial charge in [-0.2, -0.15) is 19.3 Å². The third-order valence-corrected chi connectivity index (χ3v) is 10.2. The minimum Gasteiger partial charge on any atom is -0.481 e. The number of benzene rings is 2. The number of aromatic nitrogens is 5. The number of alkyl halides is 1. The number of ether oxygens (including phenoxy) is 2. The Labute approximate surface area is 366 Å². The summed E-state index contributed by atoms with van der Waals surface area (Å²) in [5.41, 5.74) is 3.79. The van der Waals surface area contributed by atoms with Gasteiger partial charge in [0, 0.05) is 49.8 Å². The smallest absolute Gasteiger partial charge is 0.265 e. The topological polar surface area (TPSA) is 152 Å². The fourth-order valence-corrected chi connectivity index (χ4v) is 7.59. The van der Waals surface area contributed by atoms with E-state index in [4.69, 9.17) is 39.1 Å². The van der Waals surface area contributed by atoms with Crippen molar-refractivity contribution in [1.82, 2.24) is 23.9 Å². The number of methoxy groups -OCH3 is 1. The Balaban J connectivity index is 0.000000208. The molecule has 2 aromatic heterocycles. The van der Waals surface area contributed by atoms with Crippen LogP contribution in [0.1, 0.15) is 72.3 Å². The summed E-state index contributed by atoms with van der Waals surface area (Å²) in [6, 6.07) is 8.80. The molecule has 0 fully saturated rings. The molecule has 2 aliphatic rings.